The molecular weight excluding hydrogens is 240 g/mol. The smallest absolute Gasteiger partial charge is 0.230 e. The first-order valence-corrected chi connectivity index (χ1v) is 6.29. The molecule has 0 aliphatic rings. The molecule has 19 heavy (non-hydrogen) atoms. The molecule has 2 rings (SSSR count). The molecule has 0 bridgehead atoms. The first-order valence-electron chi connectivity index (χ1n) is 6.29. The average molecular weight is 258 g/mol. The summed E-state index contributed by atoms with van der Waals surface area (Å²) < 4.78 is 1.68. The molecule has 1 N–H and O–H groups in total. The van der Waals surface area contributed by atoms with Gasteiger partial charge in [0, 0.05) is 11.6 Å². The lowest BCUT2D eigenvalue weighted by atomic mass is 9.89. The molecule has 0 saturated carbocycles. The molecule has 0 radical (unpaired) electrons. The van der Waals surface area contributed by atoms with Gasteiger partial charge in [-0.15, -0.1) is 0 Å². The van der Waals surface area contributed by atoms with Gasteiger partial charge in [-0.1, -0.05) is 20.8 Å². The van der Waals surface area contributed by atoms with Crippen LogP contribution in [-0.4, -0.2) is 20.7 Å². The van der Waals surface area contributed by atoms with E-state index < -0.39 is 0 Å². The number of carbonyl (C=O) groups is 1. The van der Waals surface area contributed by atoms with Crippen LogP contribution in [0.15, 0.2) is 36.9 Å². The van der Waals surface area contributed by atoms with Crippen LogP contribution in [0.1, 0.15) is 27.2 Å². The predicted molar refractivity (Wildman–Crippen MR) is 74.1 cm³/mol. The van der Waals surface area contributed by atoms with Crippen molar-refractivity contribution in [3.63, 3.8) is 0 Å². The van der Waals surface area contributed by atoms with Crippen molar-refractivity contribution in [1.82, 2.24) is 14.8 Å². The summed E-state index contributed by atoms with van der Waals surface area (Å²) >= 11 is 0. The Labute approximate surface area is 112 Å². The molecule has 0 aromatic carbocycles. The molecule has 0 aliphatic carbocycles. The Bertz CT molecular complexity index is 560. The zero-order valence-electron chi connectivity index (χ0n) is 11.4. The SMILES string of the molecule is CCC(C)(C)C(=O)Nc1cnn(-c2cccnc2)c1. The van der Waals surface area contributed by atoms with E-state index in [1.165, 1.54) is 0 Å². The summed E-state index contributed by atoms with van der Waals surface area (Å²) in [6.45, 7) is 5.85. The molecule has 5 heteroatoms. The summed E-state index contributed by atoms with van der Waals surface area (Å²) in [7, 11) is 0. The van der Waals surface area contributed by atoms with Gasteiger partial charge in [-0.3, -0.25) is 9.78 Å². The highest BCUT2D eigenvalue weighted by Crippen LogP contribution is 2.22. The third-order valence-electron chi connectivity index (χ3n) is 3.25. The van der Waals surface area contributed by atoms with Crippen molar-refractivity contribution in [3.8, 4) is 5.69 Å². The minimum Gasteiger partial charge on any atom is -0.323 e. The number of hydrogen-bond acceptors (Lipinski definition) is 3. The van der Waals surface area contributed by atoms with Gasteiger partial charge in [0.15, 0.2) is 0 Å². The zero-order valence-corrected chi connectivity index (χ0v) is 11.4. The summed E-state index contributed by atoms with van der Waals surface area (Å²) in [5.74, 6) is 0.000682. The fraction of sp³-hybridized carbons (Fsp3) is 0.357. The zero-order chi connectivity index (χ0) is 13.9. The maximum Gasteiger partial charge on any atom is 0.230 e. The largest absolute Gasteiger partial charge is 0.323 e. The Morgan fingerprint density at radius 2 is 2.21 bits per heavy atom. The summed E-state index contributed by atoms with van der Waals surface area (Å²) in [6.07, 6.45) is 7.63. The predicted octanol–water partition coefficient (Wildman–Crippen LogP) is 2.64. The summed E-state index contributed by atoms with van der Waals surface area (Å²) in [5.41, 5.74) is 1.17. The number of carbonyl (C=O) groups excluding carboxylic acids is 1. The van der Waals surface area contributed by atoms with Crippen LogP contribution in [0, 0.1) is 5.41 Å². The van der Waals surface area contributed by atoms with Crippen LogP contribution < -0.4 is 5.32 Å². The molecule has 0 fully saturated rings. The van der Waals surface area contributed by atoms with Gasteiger partial charge in [0.1, 0.15) is 0 Å². The molecule has 0 spiro atoms. The molecule has 5 nitrogen and oxygen atoms in total. The van der Waals surface area contributed by atoms with Crippen LogP contribution in [0.3, 0.4) is 0 Å². The van der Waals surface area contributed by atoms with Gasteiger partial charge in [0.25, 0.3) is 0 Å². The number of nitrogens with one attached hydrogen (secondary N) is 1. The lowest BCUT2D eigenvalue weighted by Crippen LogP contribution is -2.29. The van der Waals surface area contributed by atoms with Crippen molar-refractivity contribution >= 4 is 11.6 Å². The first kappa shape index (κ1) is 13.3. The normalized spacial score (nSPS) is 11.3. The van der Waals surface area contributed by atoms with Gasteiger partial charge < -0.3 is 5.32 Å². The third-order valence-corrected chi connectivity index (χ3v) is 3.25. The molecule has 0 saturated heterocycles. The van der Waals surface area contributed by atoms with E-state index in [0.717, 1.165) is 12.1 Å². The summed E-state index contributed by atoms with van der Waals surface area (Å²) in [4.78, 5) is 16.1. The Morgan fingerprint density at radius 3 is 2.84 bits per heavy atom. The van der Waals surface area contributed by atoms with Crippen molar-refractivity contribution in [2.45, 2.75) is 27.2 Å². The number of pyridine rings is 1. The maximum absolute atomic E-state index is 12.1. The minimum absolute atomic E-state index is 0.000682. The Morgan fingerprint density at radius 1 is 1.42 bits per heavy atom. The van der Waals surface area contributed by atoms with Crippen molar-refractivity contribution in [2.24, 2.45) is 5.41 Å². The standard InChI is InChI=1S/C14H18N4O/c1-4-14(2,3)13(19)17-11-8-16-18(10-11)12-6-5-7-15-9-12/h5-10H,4H2,1-3H3,(H,17,19). The molecule has 100 valence electrons. The Balaban J connectivity index is 2.13. The fourth-order valence-electron chi connectivity index (χ4n) is 1.48. The monoisotopic (exact) mass is 258 g/mol. The van der Waals surface area contributed by atoms with Gasteiger partial charge in [0.2, 0.25) is 5.91 Å². The second kappa shape index (κ2) is 5.22. The summed E-state index contributed by atoms with van der Waals surface area (Å²) in [6, 6.07) is 3.75. The van der Waals surface area contributed by atoms with Gasteiger partial charge >= 0.3 is 0 Å². The molecule has 0 atom stereocenters. The molecule has 0 aliphatic heterocycles. The number of amides is 1. The Hall–Kier alpha value is -2.17. The van der Waals surface area contributed by atoms with E-state index in [0.29, 0.717) is 5.69 Å². The first-order chi connectivity index (χ1) is 9.03. The van der Waals surface area contributed by atoms with Crippen LogP contribution in [0.5, 0.6) is 0 Å². The minimum atomic E-state index is -0.379. The number of nitrogens with zero attached hydrogens (tertiary/aromatic N) is 3. The highest BCUT2D eigenvalue weighted by Gasteiger charge is 2.25. The number of aromatic nitrogens is 3. The quantitative estimate of drug-likeness (QED) is 0.917. The highest BCUT2D eigenvalue weighted by atomic mass is 16.2. The van der Waals surface area contributed by atoms with E-state index >= 15 is 0 Å². The van der Waals surface area contributed by atoms with E-state index in [1.807, 2.05) is 32.9 Å². The lowest BCUT2D eigenvalue weighted by Gasteiger charge is -2.20. The molecular formula is C14H18N4O. The van der Waals surface area contributed by atoms with E-state index in [9.17, 15) is 4.79 Å². The molecule has 0 unspecified atom stereocenters. The number of hydrogen-bond donors (Lipinski definition) is 1. The van der Waals surface area contributed by atoms with E-state index in [4.69, 9.17) is 0 Å². The lowest BCUT2D eigenvalue weighted by molar-refractivity contribution is -0.124. The van der Waals surface area contributed by atoms with Crippen LogP contribution >= 0.6 is 0 Å². The van der Waals surface area contributed by atoms with Crippen LogP contribution in [-0.2, 0) is 4.79 Å². The summed E-state index contributed by atoms with van der Waals surface area (Å²) in [5, 5.41) is 7.09. The highest BCUT2D eigenvalue weighted by molar-refractivity contribution is 5.94. The van der Waals surface area contributed by atoms with Gasteiger partial charge in [-0.05, 0) is 18.6 Å². The topological polar surface area (TPSA) is 59.8 Å². The van der Waals surface area contributed by atoms with Crippen molar-refractivity contribution in [3.05, 3.63) is 36.9 Å². The van der Waals surface area contributed by atoms with Crippen LogP contribution in [0.4, 0.5) is 5.69 Å². The molecule has 2 heterocycles. The van der Waals surface area contributed by atoms with Gasteiger partial charge in [0.05, 0.1) is 30.0 Å². The third kappa shape index (κ3) is 2.99. The van der Waals surface area contributed by atoms with Crippen molar-refractivity contribution in [1.29, 1.82) is 0 Å². The van der Waals surface area contributed by atoms with E-state index in [1.54, 1.807) is 29.5 Å². The number of rotatable bonds is 4. The van der Waals surface area contributed by atoms with Gasteiger partial charge in [-0.25, -0.2) is 4.68 Å². The average Bonchev–Trinajstić information content (AvgIpc) is 2.88. The Kier molecular flexibility index (Phi) is 3.64. The molecule has 1 amide bonds. The second-order valence-corrected chi connectivity index (χ2v) is 5.08. The van der Waals surface area contributed by atoms with Crippen molar-refractivity contribution in [2.75, 3.05) is 5.32 Å². The molecule has 2 aromatic heterocycles. The van der Waals surface area contributed by atoms with Crippen LogP contribution in [0.2, 0.25) is 0 Å². The van der Waals surface area contributed by atoms with Gasteiger partial charge in [-0.2, -0.15) is 5.10 Å². The second-order valence-electron chi connectivity index (χ2n) is 5.08. The molecule has 2 aromatic rings. The maximum atomic E-state index is 12.1. The van der Waals surface area contributed by atoms with E-state index in [2.05, 4.69) is 15.4 Å². The fourth-order valence-corrected chi connectivity index (χ4v) is 1.48. The number of anilines is 1. The van der Waals surface area contributed by atoms with E-state index in [-0.39, 0.29) is 11.3 Å². The van der Waals surface area contributed by atoms with Crippen LogP contribution in [0.25, 0.3) is 5.69 Å². The van der Waals surface area contributed by atoms with Crippen molar-refractivity contribution < 1.29 is 4.79 Å².